The molecule has 7 heteroatoms. The lowest BCUT2D eigenvalue weighted by atomic mass is 10.1. The second-order valence-electron chi connectivity index (χ2n) is 7.71. The molecule has 1 aromatic heterocycles. The predicted octanol–water partition coefficient (Wildman–Crippen LogP) is 4.88. The highest BCUT2D eigenvalue weighted by molar-refractivity contribution is 5.79. The minimum atomic E-state index is -4.34. The summed E-state index contributed by atoms with van der Waals surface area (Å²) in [5.74, 6) is 1.01. The summed E-state index contributed by atoms with van der Waals surface area (Å²) < 4.78 is 40.1. The third-order valence-electron chi connectivity index (χ3n) is 5.36. The molecule has 152 valence electrons. The number of hydrogen-bond acceptors (Lipinski definition) is 2. The van der Waals surface area contributed by atoms with Gasteiger partial charge in [0, 0.05) is 30.9 Å². The maximum Gasteiger partial charge on any atom is 0.416 e. The predicted molar refractivity (Wildman–Crippen MR) is 100 cm³/mol. The fourth-order valence-corrected chi connectivity index (χ4v) is 3.71. The van der Waals surface area contributed by atoms with E-state index in [1.165, 1.54) is 12.1 Å². The average Bonchev–Trinajstić information content (AvgIpc) is 3.31. The molecule has 0 radical (unpaired) electrons. The molecule has 1 aromatic carbocycles. The van der Waals surface area contributed by atoms with Gasteiger partial charge in [0.05, 0.1) is 12.1 Å². The normalized spacial score (nSPS) is 15.4. The maximum absolute atomic E-state index is 12.9. The van der Waals surface area contributed by atoms with Crippen molar-refractivity contribution in [3.63, 3.8) is 0 Å². The van der Waals surface area contributed by atoms with Crippen molar-refractivity contribution in [2.45, 2.75) is 64.8 Å². The van der Waals surface area contributed by atoms with Gasteiger partial charge in [-0.1, -0.05) is 25.0 Å². The smallest absolute Gasteiger partial charge is 0.333 e. The van der Waals surface area contributed by atoms with Crippen LogP contribution in [0.25, 0.3) is 0 Å². The van der Waals surface area contributed by atoms with Crippen molar-refractivity contribution in [2.24, 2.45) is 5.92 Å². The largest absolute Gasteiger partial charge is 0.416 e. The Labute approximate surface area is 163 Å². The second-order valence-corrected chi connectivity index (χ2v) is 7.71. The van der Waals surface area contributed by atoms with Crippen LogP contribution in [0.15, 0.2) is 36.7 Å². The van der Waals surface area contributed by atoms with Crippen LogP contribution in [0, 0.1) is 5.92 Å². The molecule has 1 saturated carbocycles. The monoisotopic (exact) mass is 393 g/mol. The Morgan fingerprint density at radius 1 is 1.21 bits per heavy atom. The molecule has 0 atom stereocenters. The highest BCUT2D eigenvalue weighted by Crippen LogP contribution is 2.30. The Morgan fingerprint density at radius 2 is 1.86 bits per heavy atom. The summed E-state index contributed by atoms with van der Waals surface area (Å²) in [6, 6.07) is 5.21. The third-order valence-corrected chi connectivity index (χ3v) is 5.36. The number of imidazole rings is 1. The van der Waals surface area contributed by atoms with E-state index in [1.54, 1.807) is 12.4 Å². The van der Waals surface area contributed by atoms with Crippen LogP contribution < -0.4 is 0 Å². The summed E-state index contributed by atoms with van der Waals surface area (Å²) in [5.41, 5.74) is 0.0979. The number of rotatable bonds is 6. The first-order valence-electron chi connectivity index (χ1n) is 9.72. The van der Waals surface area contributed by atoms with E-state index in [4.69, 9.17) is 0 Å². The first-order chi connectivity index (χ1) is 13.3. The molecular weight excluding hydrogens is 367 g/mol. The molecule has 1 fully saturated rings. The average molecular weight is 393 g/mol. The van der Waals surface area contributed by atoms with E-state index in [2.05, 4.69) is 4.98 Å². The number of nitrogens with zero attached hydrogens (tertiary/aromatic N) is 3. The summed E-state index contributed by atoms with van der Waals surface area (Å²) in [5, 5.41) is 0. The molecule has 0 spiro atoms. The van der Waals surface area contributed by atoms with Crippen LogP contribution in [0.1, 0.15) is 56.5 Å². The minimum Gasteiger partial charge on any atom is -0.333 e. The van der Waals surface area contributed by atoms with E-state index in [0.717, 1.165) is 49.2 Å². The fraction of sp³-hybridized carbons (Fsp3) is 0.524. The van der Waals surface area contributed by atoms with Crippen molar-refractivity contribution in [1.82, 2.24) is 14.5 Å². The van der Waals surface area contributed by atoms with E-state index in [0.29, 0.717) is 13.1 Å². The zero-order valence-corrected chi connectivity index (χ0v) is 16.2. The number of halogens is 3. The minimum absolute atomic E-state index is 0.0596. The number of aromatic nitrogens is 2. The Morgan fingerprint density at radius 3 is 2.43 bits per heavy atom. The second kappa shape index (κ2) is 8.37. The number of carbonyl (C=O) groups is 1. The van der Waals surface area contributed by atoms with E-state index < -0.39 is 11.7 Å². The van der Waals surface area contributed by atoms with Crippen LogP contribution in [0.5, 0.6) is 0 Å². The lowest BCUT2D eigenvalue weighted by Gasteiger charge is -2.29. The SMILES string of the molecule is CC(C)N(Cc1nccn1Cc1ccc(C(F)(F)F)cc1)C(=O)C1CCCC1. The molecule has 0 bridgehead atoms. The van der Waals surface area contributed by atoms with Gasteiger partial charge in [0.25, 0.3) is 0 Å². The maximum atomic E-state index is 12.9. The van der Waals surface area contributed by atoms with Gasteiger partial charge < -0.3 is 9.47 Å². The molecule has 4 nitrogen and oxygen atoms in total. The van der Waals surface area contributed by atoms with Crippen LogP contribution >= 0.6 is 0 Å². The van der Waals surface area contributed by atoms with Crippen LogP contribution in [-0.4, -0.2) is 26.4 Å². The van der Waals surface area contributed by atoms with Crippen molar-refractivity contribution < 1.29 is 18.0 Å². The standard InChI is InChI=1S/C21H26F3N3O/c1-15(2)27(20(28)17-5-3-4-6-17)14-19-25-11-12-26(19)13-16-7-9-18(10-8-16)21(22,23)24/h7-12,15,17H,3-6,13-14H2,1-2H3. The lowest BCUT2D eigenvalue weighted by Crippen LogP contribution is -2.40. The number of carbonyl (C=O) groups excluding carboxylic acids is 1. The Kier molecular flexibility index (Phi) is 6.10. The molecule has 1 aliphatic carbocycles. The Balaban J connectivity index is 1.72. The van der Waals surface area contributed by atoms with Crippen molar-refractivity contribution >= 4 is 5.91 Å². The van der Waals surface area contributed by atoms with E-state index in [9.17, 15) is 18.0 Å². The third kappa shape index (κ3) is 4.75. The number of alkyl halides is 3. The van der Waals surface area contributed by atoms with Crippen LogP contribution in [0.3, 0.4) is 0 Å². The van der Waals surface area contributed by atoms with Crippen molar-refractivity contribution in [3.05, 3.63) is 53.6 Å². The molecule has 0 N–H and O–H groups in total. The molecule has 0 unspecified atom stereocenters. The highest BCUT2D eigenvalue weighted by Gasteiger charge is 2.30. The molecule has 1 amide bonds. The van der Waals surface area contributed by atoms with Crippen molar-refractivity contribution in [1.29, 1.82) is 0 Å². The summed E-state index contributed by atoms with van der Waals surface area (Å²) in [6.45, 7) is 4.81. The Bertz CT molecular complexity index is 790. The highest BCUT2D eigenvalue weighted by atomic mass is 19.4. The molecular formula is C21H26F3N3O. The topological polar surface area (TPSA) is 38.1 Å². The van der Waals surface area contributed by atoms with Gasteiger partial charge in [0.1, 0.15) is 5.82 Å². The zero-order chi connectivity index (χ0) is 20.3. The number of amides is 1. The zero-order valence-electron chi connectivity index (χ0n) is 16.2. The summed E-state index contributed by atoms with van der Waals surface area (Å²) >= 11 is 0. The van der Waals surface area contributed by atoms with E-state index in [1.807, 2.05) is 23.3 Å². The van der Waals surface area contributed by atoms with E-state index in [-0.39, 0.29) is 17.9 Å². The molecule has 2 aromatic rings. The van der Waals surface area contributed by atoms with Gasteiger partial charge in [0.15, 0.2) is 0 Å². The molecule has 0 aliphatic heterocycles. The quantitative estimate of drug-likeness (QED) is 0.702. The van der Waals surface area contributed by atoms with Gasteiger partial charge in [0.2, 0.25) is 5.91 Å². The van der Waals surface area contributed by atoms with Crippen LogP contribution in [0.4, 0.5) is 13.2 Å². The Hall–Kier alpha value is -2.31. The van der Waals surface area contributed by atoms with Crippen molar-refractivity contribution in [3.8, 4) is 0 Å². The summed E-state index contributed by atoms with van der Waals surface area (Å²) in [4.78, 5) is 19.1. The van der Waals surface area contributed by atoms with E-state index >= 15 is 0 Å². The lowest BCUT2D eigenvalue weighted by molar-refractivity contribution is -0.138. The molecule has 1 heterocycles. The molecule has 0 saturated heterocycles. The van der Waals surface area contributed by atoms with Gasteiger partial charge >= 0.3 is 6.18 Å². The molecule has 1 aliphatic rings. The number of benzene rings is 1. The van der Waals surface area contributed by atoms with Crippen LogP contribution in [-0.2, 0) is 24.1 Å². The first kappa shape index (κ1) is 20.4. The number of hydrogen-bond donors (Lipinski definition) is 0. The van der Waals surface area contributed by atoms with Gasteiger partial charge in [-0.2, -0.15) is 13.2 Å². The van der Waals surface area contributed by atoms with Gasteiger partial charge in [-0.3, -0.25) is 4.79 Å². The molecule has 3 rings (SSSR count). The molecule has 28 heavy (non-hydrogen) atoms. The van der Waals surface area contributed by atoms with Crippen LogP contribution in [0.2, 0.25) is 0 Å². The summed E-state index contributed by atoms with van der Waals surface area (Å²) in [7, 11) is 0. The van der Waals surface area contributed by atoms with Crippen molar-refractivity contribution in [2.75, 3.05) is 0 Å². The summed E-state index contributed by atoms with van der Waals surface area (Å²) in [6.07, 6.45) is 3.22. The fourth-order valence-electron chi connectivity index (χ4n) is 3.71. The van der Waals surface area contributed by atoms with Gasteiger partial charge in [-0.05, 0) is 44.4 Å². The first-order valence-corrected chi connectivity index (χ1v) is 9.72. The van der Waals surface area contributed by atoms with Gasteiger partial charge in [-0.25, -0.2) is 4.98 Å². The van der Waals surface area contributed by atoms with Gasteiger partial charge in [-0.15, -0.1) is 0 Å².